The normalized spacial score (nSPS) is 17.7. The third-order valence-corrected chi connectivity index (χ3v) is 4.35. The van der Waals surface area contributed by atoms with Crippen LogP contribution in [0.25, 0.3) is 0 Å². The number of nitrogens with two attached hydrogens (primary N) is 1. The molecule has 0 saturated heterocycles. The Bertz CT molecular complexity index is 372. The van der Waals surface area contributed by atoms with E-state index in [9.17, 15) is 0 Å². The molecular weight excluding hydrogens is 236 g/mol. The molecule has 0 amide bonds. The Balaban J connectivity index is 1.72. The summed E-state index contributed by atoms with van der Waals surface area (Å²) in [4.78, 5) is 6.94. The van der Waals surface area contributed by atoms with Crippen molar-refractivity contribution in [2.24, 2.45) is 17.6 Å². The number of fused-ring (bicyclic) bond motifs is 1. The van der Waals surface area contributed by atoms with Gasteiger partial charge in [0, 0.05) is 25.5 Å². The molecule has 0 saturated carbocycles. The molecule has 2 heterocycles. The highest BCUT2D eigenvalue weighted by atomic mass is 15.2. The summed E-state index contributed by atoms with van der Waals surface area (Å²) >= 11 is 0. The van der Waals surface area contributed by atoms with Crippen LogP contribution in [0.1, 0.15) is 38.9 Å². The predicted molar refractivity (Wildman–Crippen MR) is 78.7 cm³/mol. The summed E-state index contributed by atoms with van der Waals surface area (Å²) in [5, 5.41) is 0. The van der Waals surface area contributed by atoms with E-state index < -0.39 is 0 Å². The van der Waals surface area contributed by atoms with Crippen molar-refractivity contribution in [2.45, 2.75) is 46.2 Å². The summed E-state index contributed by atoms with van der Waals surface area (Å²) in [5.41, 5.74) is 5.70. The summed E-state index contributed by atoms with van der Waals surface area (Å²) < 4.78 is 2.27. The van der Waals surface area contributed by atoms with Crippen molar-refractivity contribution >= 4 is 0 Å². The molecule has 0 aromatic carbocycles. The first kappa shape index (κ1) is 14.5. The van der Waals surface area contributed by atoms with Crippen molar-refractivity contribution in [3.05, 3.63) is 18.2 Å². The quantitative estimate of drug-likeness (QED) is 0.820. The number of hydrogen-bond donors (Lipinski definition) is 1. The van der Waals surface area contributed by atoms with Gasteiger partial charge in [-0.2, -0.15) is 0 Å². The summed E-state index contributed by atoms with van der Waals surface area (Å²) in [7, 11) is 0. The molecule has 1 aliphatic heterocycles. The van der Waals surface area contributed by atoms with Crippen LogP contribution in [0.2, 0.25) is 0 Å². The van der Waals surface area contributed by atoms with Crippen LogP contribution in [0, 0.1) is 11.8 Å². The summed E-state index contributed by atoms with van der Waals surface area (Å²) in [6.07, 6.45) is 7.75. The van der Waals surface area contributed by atoms with Crippen LogP contribution in [0.5, 0.6) is 0 Å². The van der Waals surface area contributed by atoms with E-state index in [2.05, 4.69) is 34.5 Å². The van der Waals surface area contributed by atoms with Crippen LogP contribution in [0.15, 0.2) is 12.4 Å². The van der Waals surface area contributed by atoms with Gasteiger partial charge in [-0.25, -0.2) is 4.98 Å². The Morgan fingerprint density at radius 3 is 2.89 bits per heavy atom. The van der Waals surface area contributed by atoms with Crippen molar-refractivity contribution < 1.29 is 0 Å². The van der Waals surface area contributed by atoms with Crippen molar-refractivity contribution in [1.29, 1.82) is 0 Å². The minimum atomic E-state index is 0.754. The fraction of sp³-hybridized carbons (Fsp3) is 0.800. The SMILES string of the molecule is CC(C)C(CCN)CCCN1CCn2ccnc2C1. The number of imidazole rings is 1. The number of nitrogens with zero attached hydrogens (tertiary/aromatic N) is 3. The van der Waals surface area contributed by atoms with Crippen LogP contribution in [0.3, 0.4) is 0 Å². The van der Waals surface area contributed by atoms with Gasteiger partial charge >= 0.3 is 0 Å². The number of aromatic nitrogens is 2. The average Bonchev–Trinajstić information content (AvgIpc) is 2.85. The molecule has 0 bridgehead atoms. The average molecular weight is 264 g/mol. The standard InChI is InChI=1S/C15H28N4/c1-13(2)14(5-6-16)4-3-8-18-10-11-19-9-7-17-15(19)12-18/h7,9,13-14H,3-6,8,10-12,16H2,1-2H3. The zero-order valence-electron chi connectivity index (χ0n) is 12.4. The molecule has 1 aliphatic rings. The highest BCUT2D eigenvalue weighted by molar-refractivity contribution is 4.95. The van der Waals surface area contributed by atoms with Gasteiger partial charge in [0.15, 0.2) is 0 Å². The van der Waals surface area contributed by atoms with Crippen LogP contribution in [0.4, 0.5) is 0 Å². The Kier molecular flexibility index (Phi) is 5.40. The molecule has 19 heavy (non-hydrogen) atoms. The lowest BCUT2D eigenvalue weighted by atomic mass is 9.88. The highest BCUT2D eigenvalue weighted by Gasteiger charge is 2.17. The molecule has 1 unspecified atom stereocenters. The Labute approximate surface area is 117 Å². The van der Waals surface area contributed by atoms with E-state index in [1.165, 1.54) is 31.6 Å². The van der Waals surface area contributed by atoms with Gasteiger partial charge in [0.05, 0.1) is 6.54 Å². The minimum Gasteiger partial charge on any atom is -0.333 e. The van der Waals surface area contributed by atoms with Crippen molar-refractivity contribution in [1.82, 2.24) is 14.5 Å². The zero-order chi connectivity index (χ0) is 13.7. The lowest BCUT2D eigenvalue weighted by molar-refractivity contribution is 0.203. The number of hydrogen-bond acceptors (Lipinski definition) is 3. The van der Waals surface area contributed by atoms with Gasteiger partial charge in [-0.1, -0.05) is 13.8 Å². The number of rotatable bonds is 7. The van der Waals surface area contributed by atoms with Crippen LogP contribution < -0.4 is 5.73 Å². The van der Waals surface area contributed by atoms with Crippen LogP contribution in [-0.2, 0) is 13.1 Å². The van der Waals surface area contributed by atoms with Gasteiger partial charge in [0.25, 0.3) is 0 Å². The van der Waals surface area contributed by atoms with Gasteiger partial charge in [-0.05, 0) is 44.2 Å². The fourth-order valence-corrected chi connectivity index (χ4v) is 3.02. The lowest BCUT2D eigenvalue weighted by Gasteiger charge is -2.28. The second kappa shape index (κ2) is 7.06. The third-order valence-electron chi connectivity index (χ3n) is 4.35. The molecule has 2 N–H and O–H groups in total. The largest absolute Gasteiger partial charge is 0.333 e. The summed E-state index contributed by atoms with van der Waals surface area (Å²) in [6, 6.07) is 0. The molecule has 0 aliphatic carbocycles. The molecule has 0 spiro atoms. The van der Waals surface area contributed by atoms with E-state index in [-0.39, 0.29) is 0 Å². The van der Waals surface area contributed by atoms with E-state index in [4.69, 9.17) is 5.73 Å². The molecule has 108 valence electrons. The molecule has 1 aromatic rings. The summed E-state index contributed by atoms with van der Waals surface area (Å²) in [5.74, 6) is 2.76. The van der Waals surface area contributed by atoms with E-state index in [1.807, 2.05) is 6.20 Å². The summed E-state index contributed by atoms with van der Waals surface area (Å²) in [6.45, 7) is 9.91. The molecular formula is C15H28N4. The first-order chi connectivity index (χ1) is 9.20. The second-order valence-electron chi connectivity index (χ2n) is 6.04. The topological polar surface area (TPSA) is 47.1 Å². The van der Waals surface area contributed by atoms with Gasteiger partial charge in [-0.15, -0.1) is 0 Å². The highest BCUT2D eigenvalue weighted by Crippen LogP contribution is 2.21. The molecule has 2 rings (SSSR count). The maximum Gasteiger partial charge on any atom is 0.122 e. The van der Waals surface area contributed by atoms with E-state index >= 15 is 0 Å². The zero-order valence-corrected chi connectivity index (χ0v) is 12.4. The first-order valence-corrected chi connectivity index (χ1v) is 7.63. The second-order valence-corrected chi connectivity index (χ2v) is 6.04. The van der Waals surface area contributed by atoms with E-state index in [1.54, 1.807) is 0 Å². The van der Waals surface area contributed by atoms with Gasteiger partial charge in [-0.3, -0.25) is 4.90 Å². The lowest BCUT2D eigenvalue weighted by Crippen LogP contribution is -2.34. The molecule has 1 atom stereocenters. The maximum atomic E-state index is 5.70. The van der Waals surface area contributed by atoms with E-state index in [0.717, 1.165) is 38.0 Å². The molecule has 0 fully saturated rings. The van der Waals surface area contributed by atoms with Crippen molar-refractivity contribution in [2.75, 3.05) is 19.6 Å². The minimum absolute atomic E-state index is 0.754. The maximum absolute atomic E-state index is 5.70. The van der Waals surface area contributed by atoms with Crippen molar-refractivity contribution in [3.8, 4) is 0 Å². The van der Waals surface area contributed by atoms with Crippen molar-refractivity contribution in [3.63, 3.8) is 0 Å². The monoisotopic (exact) mass is 264 g/mol. The smallest absolute Gasteiger partial charge is 0.122 e. The predicted octanol–water partition coefficient (Wildman–Crippen LogP) is 2.10. The third kappa shape index (κ3) is 4.05. The van der Waals surface area contributed by atoms with Crippen LogP contribution >= 0.6 is 0 Å². The van der Waals surface area contributed by atoms with Gasteiger partial charge < -0.3 is 10.3 Å². The Morgan fingerprint density at radius 1 is 1.32 bits per heavy atom. The Morgan fingerprint density at radius 2 is 2.16 bits per heavy atom. The van der Waals surface area contributed by atoms with Gasteiger partial charge in [0.2, 0.25) is 0 Å². The van der Waals surface area contributed by atoms with Crippen LogP contribution in [-0.4, -0.2) is 34.1 Å². The fourth-order valence-electron chi connectivity index (χ4n) is 3.02. The van der Waals surface area contributed by atoms with E-state index in [0.29, 0.717) is 0 Å². The Hall–Kier alpha value is -0.870. The first-order valence-electron chi connectivity index (χ1n) is 7.63. The molecule has 0 radical (unpaired) electrons. The molecule has 1 aromatic heterocycles. The van der Waals surface area contributed by atoms with Gasteiger partial charge in [0.1, 0.15) is 5.82 Å². The molecule has 4 nitrogen and oxygen atoms in total. The molecule has 4 heteroatoms.